The number of anilines is 1. The minimum absolute atomic E-state index is 1.05. The van der Waals surface area contributed by atoms with Gasteiger partial charge < -0.3 is 4.90 Å². The van der Waals surface area contributed by atoms with Crippen molar-refractivity contribution >= 4 is 16.9 Å². The zero-order valence-corrected chi connectivity index (χ0v) is 16.6. The molecule has 0 aliphatic carbocycles. The molecule has 2 nitrogen and oxygen atoms in total. The second-order valence-electron chi connectivity index (χ2n) is 7.54. The predicted molar refractivity (Wildman–Crippen MR) is 121 cm³/mol. The molecule has 0 fully saturated rings. The highest BCUT2D eigenvalue weighted by molar-refractivity contribution is 5.83. The molecule has 140 valence electrons. The quantitative estimate of drug-likeness (QED) is 0.437. The van der Waals surface area contributed by atoms with Crippen molar-refractivity contribution in [2.24, 2.45) is 4.99 Å². The molecule has 0 N–H and O–H groups in total. The molecule has 5 rings (SSSR count). The van der Waals surface area contributed by atoms with Crippen LogP contribution in [-0.2, 0) is 0 Å². The van der Waals surface area contributed by atoms with Crippen LogP contribution in [0.4, 0.5) is 11.4 Å². The molecule has 1 aliphatic rings. The zero-order valence-electron chi connectivity index (χ0n) is 16.6. The highest BCUT2D eigenvalue weighted by Gasteiger charge is 2.14. The van der Waals surface area contributed by atoms with Crippen molar-refractivity contribution in [2.45, 2.75) is 0 Å². The average Bonchev–Trinajstić information content (AvgIpc) is 3.13. The summed E-state index contributed by atoms with van der Waals surface area (Å²) in [5, 5.41) is 2.25. The van der Waals surface area contributed by atoms with E-state index in [-0.39, 0.29) is 0 Å². The van der Waals surface area contributed by atoms with E-state index in [1.54, 1.807) is 0 Å². The summed E-state index contributed by atoms with van der Waals surface area (Å²) in [7, 11) is 4.14. The number of hydrogen-bond donors (Lipinski definition) is 0. The number of hydrogen-bond acceptors (Lipinski definition) is 2. The molecule has 0 radical (unpaired) electrons. The lowest BCUT2D eigenvalue weighted by Gasteiger charge is -2.14. The fourth-order valence-electron chi connectivity index (χ4n) is 3.96. The van der Waals surface area contributed by atoms with Crippen LogP contribution in [0.3, 0.4) is 0 Å². The highest BCUT2D eigenvalue weighted by Crippen LogP contribution is 2.31. The summed E-state index contributed by atoms with van der Waals surface area (Å²) in [5.74, 6) is 0. The van der Waals surface area contributed by atoms with E-state index in [4.69, 9.17) is 4.99 Å². The first kappa shape index (κ1) is 17.4. The Hall–Kier alpha value is -3.65. The maximum atomic E-state index is 4.78. The molecule has 29 heavy (non-hydrogen) atoms. The topological polar surface area (TPSA) is 15.6 Å². The SMILES string of the molecule is CN(C)c1ccc(C(c2ccccc2)=c2ccc3c(c2)-c2ccccc2N=3)cc1. The van der Waals surface area contributed by atoms with E-state index in [2.05, 4.69) is 110 Å². The van der Waals surface area contributed by atoms with Crippen LogP contribution >= 0.6 is 0 Å². The number of nitrogens with zero attached hydrogens (tertiary/aromatic N) is 2. The van der Waals surface area contributed by atoms with Gasteiger partial charge in [-0.1, -0.05) is 66.7 Å². The molecule has 0 unspecified atom stereocenters. The molecule has 1 heterocycles. The van der Waals surface area contributed by atoms with Gasteiger partial charge in [0.25, 0.3) is 0 Å². The summed E-state index contributed by atoms with van der Waals surface area (Å²) in [4.78, 5) is 6.90. The maximum Gasteiger partial charge on any atom is 0.0716 e. The van der Waals surface area contributed by atoms with Crippen LogP contribution in [0.25, 0.3) is 16.7 Å². The van der Waals surface area contributed by atoms with Gasteiger partial charge in [0.05, 0.1) is 11.0 Å². The molecule has 4 aromatic carbocycles. The third-order valence-corrected chi connectivity index (χ3v) is 5.46. The van der Waals surface area contributed by atoms with Crippen LogP contribution in [0, 0.1) is 0 Å². The molecule has 0 atom stereocenters. The molecule has 4 aromatic rings. The lowest BCUT2D eigenvalue weighted by atomic mass is 9.94. The van der Waals surface area contributed by atoms with Gasteiger partial charge >= 0.3 is 0 Å². The zero-order chi connectivity index (χ0) is 19.8. The van der Waals surface area contributed by atoms with Gasteiger partial charge in [0, 0.05) is 30.9 Å². The summed E-state index contributed by atoms with van der Waals surface area (Å²) in [6, 6.07) is 34.4. The van der Waals surface area contributed by atoms with Gasteiger partial charge in [0.2, 0.25) is 0 Å². The Kier molecular flexibility index (Phi) is 4.25. The lowest BCUT2D eigenvalue weighted by Crippen LogP contribution is -2.14. The Labute approximate surface area is 171 Å². The van der Waals surface area contributed by atoms with Crippen molar-refractivity contribution in [1.29, 1.82) is 0 Å². The molecular formula is C27H22N2. The van der Waals surface area contributed by atoms with Gasteiger partial charge in [-0.05, 0) is 52.3 Å². The van der Waals surface area contributed by atoms with Crippen molar-refractivity contribution < 1.29 is 0 Å². The summed E-state index contributed by atoms with van der Waals surface area (Å²) in [6.07, 6.45) is 0. The molecule has 0 spiro atoms. The average molecular weight is 374 g/mol. The van der Waals surface area contributed by atoms with Gasteiger partial charge in [-0.2, -0.15) is 0 Å². The molecule has 0 saturated heterocycles. The largest absolute Gasteiger partial charge is 0.378 e. The van der Waals surface area contributed by atoms with Gasteiger partial charge in [-0.15, -0.1) is 0 Å². The molecule has 1 aliphatic heterocycles. The summed E-state index contributed by atoms with van der Waals surface area (Å²) in [5.41, 5.74) is 8.33. The van der Waals surface area contributed by atoms with Crippen LogP contribution in [0.2, 0.25) is 0 Å². The maximum absolute atomic E-state index is 4.78. The fourth-order valence-corrected chi connectivity index (χ4v) is 3.96. The molecule has 0 saturated carbocycles. The first-order valence-corrected chi connectivity index (χ1v) is 9.86. The van der Waals surface area contributed by atoms with Crippen LogP contribution in [-0.4, -0.2) is 14.1 Å². The summed E-state index contributed by atoms with van der Waals surface area (Å²) >= 11 is 0. The Bertz CT molecular complexity index is 1300. The first-order chi connectivity index (χ1) is 14.2. The normalized spacial score (nSPS) is 12.6. The lowest BCUT2D eigenvalue weighted by molar-refractivity contribution is 1.13. The molecule has 0 amide bonds. The fraction of sp³-hybridized carbons (Fsp3) is 0.0741. The Balaban J connectivity index is 1.77. The van der Waals surface area contributed by atoms with Gasteiger partial charge in [-0.3, -0.25) is 0 Å². The van der Waals surface area contributed by atoms with Crippen LogP contribution in [0.15, 0.2) is 102 Å². The predicted octanol–water partition coefficient (Wildman–Crippen LogP) is 4.93. The number of fused-ring (bicyclic) bond motifs is 3. The van der Waals surface area contributed by atoms with E-state index >= 15 is 0 Å². The van der Waals surface area contributed by atoms with E-state index in [0.717, 1.165) is 11.0 Å². The number of para-hydroxylation sites is 1. The minimum atomic E-state index is 1.05. The molecule has 2 heteroatoms. The van der Waals surface area contributed by atoms with Crippen LogP contribution in [0.1, 0.15) is 11.1 Å². The highest BCUT2D eigenvalue weighted by atomic mass is 15.1. The third kappa shape index (κ3) is 3.13. The molecule has 0 aromatic heterocycles. The van der Waals surface area contributed by atoms with Crippen molar-refractivity contribution in [3.8, 4) is 11.1 Å². The number of benzene rings is 4. The van der Waals surface area contributed by atoms with Crippen molar-refractivity contribution in [3.05, 3.63) is 119 Å². The van der Waals surface area contributed by atoms with Gasteiger partial charge in [-0.25, -0.2) is 4.99 Å². The number of rotatable bonds is 3. The van der Waals surface area contributed by atoms with E-state index in [0.29, 0.717) is 0 Å². The smallest absolute Gasteiger partial charge is 0.0716 e. The van der Waals surface area contributed by atoms with Crippen LogP contribution in [0.5, 0.6) is 0 Å². The standard InChI is InChI=1S/C27H22N2/c1-29(2)22-15-12-20(13-16-22)27(19-8-4-3-5-9-19)21-14-17-26-24(18-21)23-10-6-7-11-25(23)28-26/h3-18H,1-2H3. The van der Waals surface area contributed by atoms with Crippen molar-refractivity contribution in [1.82, 2.24) is 0 Å². The monoisotopic (exact) mass is 374 g/mol. The van der Waals surface area contributed by atoms with Crippen molar-refractivity contribution in [3.63, 3.8) is 0 Å². The Morgan fingerprint density at radius 2 is 1.34 bits per heavy atom. The Morgan fingerprint density at radius 3 is 2.10 bits per heavy atom. The van der Waals surface area contributed by atoms with Gasteiger partial charge in [0.1, 0.15) is 0 Å². The third-order valence-electron chi connectivity index (χ3n) is 5.46. The van der Waals surface area contributed by atoms with Crippen LogP contribution < -0.4 is 15.5 Å². The summed E-state index contributed by atoms with van der Waals surface area (Å²) < 4.78 is 0. The van der Waals surface area contributed by atoms with Crippen molar-refractivity contribution in [2.75, 3.05) is 19.0 Å². The van der Waals surface area contributed by atoms with E-state index < -0.39 is 0 Å². The van der Waals surface area contributed by atoms with E-state index in [1.807, 2.05) is 6.07 Å². The van der Waals surface area contributed by atoms with E-state index in [9.17, 15) is 0 Å². The first-order valence-electron chi connectivity index (χ1n) is 9.86. The van der Waals surface area contributed by atoms with Gasteiger partial charge in [0.15, 0.2) is 0 Å². The summed E-state index contributed by atoms with van der Waals surface area (Å²) in [6.45, 7) is 0. The molecular weight excluding hydrogens is 352 g/mol. The second kappa shape index (κ2) is 7.06. The molecule has 0 bridgehead atoms. The van der Waals surface area contributed by atoms with E-state index in [1.165, 1.54) is 38.7 Å². The second-order valence-corrected chi connectivity index (χ2v) is 7.54. The minimum Gasteiger partial charge on any atom is -0.378 e. The Morgan fingerprint density at radius 1 is 0.655 bits per heavy atom.